The molecule has 0 fully saturated rings. The SMILES string of the molecule is PC(C[CH-]c1ccccc1)c1ccccc1.[Cl][Ni]. The van der Waals surface area contributed by atoms with E-state index in [-0.39, 0.29) is 0 Å². The molecule has 18 heavy (non-hydrogen) atoms. The van der Waals surface area contributed by atoms with Crippen LogP contribution in [0, 0.1) is 6.42 Å². The average molecular weight is 321 g/mol. The fraction of sp³-hybridized carbons (Fsp3) is 0.133. The second-order valence-corrected chi connectivity index (χ2v) is 4.67. The molecule has 0 aliphatic carbocycles. The molecule has 0 heterocycles. The summed E-state index contributed by atoms with van der Waals surface area (Å²) in [5.74, 6) is 0. The van der Waals surface area contributed by atoms with Crippen molar-refractivity contribution in [3.63, 3.8) is 0 Å². The second kappa shape index (κ2) is 9.45. The van der Waals surface area contributed by atoms with Crippen LogP contribution >= 0.6 is 19.4 Å². The number of hydrogen-bond acceptors (Lipinski definition) is 0. The molecule has 0 aliphatic heterocycles. The van der Waals surface area contributed by atoms with Crippen LogP contribution in [0.1, 0.15) is 23.2 Å². The maximum atomic E-state index is 4.26. The molecule has 0 amide bonds. The van der Waals surface area contributed by atoms with Crippen LogP contribution < -0.4 is 0 Å². The van der Waals surface area contributed by atoms with Crippen LogP contribution in [0.4, 0.5) is 0 Å². The van der Waals surface area contributed by atoms with E-state index in [1.54, 1.807) is 0 Å². The quantitative estimate of drug-likeness (QED) is 0.425. The molecular formula is C15H16ClNiP-. The third-order valence-electron chi connectivity index (χ3n) is 2.63. The molecule has 0 radical (unpaired) electrons. The van der Waals surface area contributed by atoms with E-state index in [1.165, 1.54) is 11.1 Å². The van der Waals surface area contributed by atoms with Crippen LogP contribution in [0.2, 0.25) is 0 Å². The fourth-order valence-corrected chi connectivity index (χ4v) is 2.05. The summed E-state index contributed by atoms with van der Waals surface area (Å²) in [6.45, 7) is 0. The number of halogens is 1. The Morgan fingerprint density at radius 2 is 1.44 bits per heavy atom. The van der Waals surface area contributed by atoms with Gasteiger partial charge in [-0.05, 0) is 11.2 Å². The summed E-state index contributed by atoms with van der Waals surface area (Å²) in [4.78, 5) is 0. The summed E-state index contributed by atoms with van der Waals surface area (Å²) in [6.07, 6.45) is 3.34. The van der Waals surface area contributed by atoms with Crippen LogP contribution in [-0.2, 0) is 14.6 Å². The zero-order valence-electron chi connectivity index (χ0n) is 9.91. The van der Waals surface area contributed by atoms with Gasteiger partial charge in [-0.3, -0.25) is 0 Å². The van der Waals surface area contributed by atoms with Gasteiger partial charge in [-0.2, -0.15) is 24.1 Å². The predicted molar refractivity (Wildman–Crippen MR) is 79.2 cm³/mol. The summed E-state index contributed by atoms with van der Waals surface area (Å²) in [7, 11) is 7.18. The molecule has 2 aromatic carbocycles. The number of benzene rings is 2. The molecule has 2 atom stereocenters. The molecular weight excluding hydrogens is 305 g/mol. The van der Waals surface area contributed by atoms with E-state index in [4.69, 9.17) is 0 Å². The van der Waals surface area contributed by atoms with Crippen molar-refractivity contribution in [3.8, 4) is 0 Å². The Hall–Kier alpha value is -0.476. The van der Waals surface area contributed by atoms with E-state index in [2.05, 4.69) is 95.0 Å². The molecule has 0 nitrogen and oxygen atoms in total. The molecule has 2 unspecified atom stereocenters. The van der Waals surface area contributed by atoms with Gasteiger partial charge in [0.15, 0.2) is 0 Å². The summed E-state index contributed by atoms with van der Waals surface area (Å²) in [5.41, 5.74) is 3.17. The molecule has 0 saturated heterocycles. The zero-order chi connectivity index (χ0) is 13.2. The molecule has 2 rings (SSSR count). The van der Waals surface area contributed by atoms with Gasteiger partial charge in [-0.1, -0.05) is 42.8 Å². The van der Waals surface area contributed by atoms with Crippen LogP contribution in [0.25, 0.3) is 0 Å². The van der Waals surface area contributed by atoms with E-state index in [0.717, 1.165) is 6.42 Å². The first-order chi connectivity index (χ1) is 8.86. The van der Waals surface area contributed by atoms with Crippen molar-refractivity contribution in [3.05, 3.63) is 78.2 Å². The molecule has 0 spiro atoms. The Labute approximate surface area is 124 Å². The van der Waals surface area contributed by atoms with E-state index >= 15 is 0 Å². The van der Waals surface area contributed by atoms with E-state index < -0.39 is 0 Å². The topological polar surface area (TPSA) is 0 Å². The minimum absolute atomic E-state index is 0.501. The molecule has 2 aromatic rings. The summed E-state index contributed by atoms with van der Waals surface area (Å²) in [6, 6.07) is 21.1. The first kappa shape index (κ1) is 15.6. The Bertz CT molecular complexity index is 419. The molecule has 0 saturated carbocycles. The summed E-state index contributed by atoms with van der Waals surface area (Å²) in [5, 5.41) is 0. The van der Waals surface area contributed by atoms with Crippen molar-refractivity contribution >= 4 is 19.4 Å². The Morgan fingerprint density at radius 3 is 2.00 bits per heavy atom. The first-order valence-corrected chi connectivity index (χ1v) is 7.69. The Morgan fingerprint density at radius 1 is 0.944 bits per heavy atom. The molecule has 99 valence electrons. The fourth-order valence-electron chi connectivity index (χ4n) is 1.69. The van der Waals surface area contributed by atoms with Crippen molar-refractivity contribution in [2.45, 2.75) is 12.1 Å². The van der Waals surface area contributed by atoms with Gasteiger partial charge in [-0.15, -0.1) is 21.4 Å². The van der Waals surface area contributed by atoms with Gasteiger partial charge >= 0.3 is 24.8 Å². The Balaban J connectivity index is 0.000000771. The molecule has 3 heteroatoms. The van der Waals surface area contributed by atoms with Crippen LogP contribution in [0.3, 0.4) is 0 Å². The van der Waals surface area contributed by atoms with E-state index in [0.29, 0.717) is 5.66 Å². The van der Waals surface area contributed by atoms with Gasteiger partial charge in [0, 0.05) is 0 Å². The Kier molecular flexibility index (Phi) is 8.18. The van der Waals surface area contributed by atoms with Crippen molar-refractivity contribution in [1.82, 2.24) is 0 Å². The number of rotatable bonds is 4. The van der Waals surface area contributed by atoms with Crippen LogP contribution in [-0.4, -0.2) is 0 Å². The van der Waals surface area contributed by atoms with Gasteiger partial charge in [0.2, 0.25) is 0 Å². The van der Waals surface area contributed by atoms with Crippen molar-refractivity contribution in [2.75, 3.05) is 0 Å². The normalized spacial score (nSPS) is 11.1. The summed E-state index contributed by atoms with van der Waals surface area (Å²) >= 11 is 3.35. The van der Waals surface area contributed by atoms with Crippen molar-refractivity contribution in [2.24, 2.45) is 0 Å². The maximum absolute atomic E-state index is 4.26. The third kappa shape index (κ3) is 5.44. The second-order valence-electron chi connectivity index (χ2n) is 3.87. The molecule has 0 bridgehead atoms. The van der Waals surface area contributed by atoms with Crippen LogP contribution in [0.5, 0.6) is 0 Å². The molecule has 0 aliphatic rings. The number of hydrogen-bond donors (Lipinski definition) is 0. The van der Waals surface area contributed by atoms with Gasteiger partial charge in [0.25, 0.3) is 0 Å². The van der Waals surface area contributed by atoms with Gasteiger partial charge in [0.1, 0.15) is 0 Å². The van der Waals surface area contributed by atoms with Gasteiger partial charge in [-0.25, -0.2) is 0 Å². The van der Waals surface area contributed by atoms with E-state index in [1.807, 2.05) is 6.07 Å². The third-order valence-corrected chi connectivity index (χ3v) is 3.29. The average Bonchev–Trinajstić information content (AvgIpc) is 2.49. The standard InChI is InChI=1S/C15H16P.ClH.Ni/c16-15(14-9-5-2-6-10-14)12-11-13-7-3-1-4-8-13;;/h1-11,15H,12,16H2;1H;/q-1;;+1/p-1. The summed E-state index contributed by atoms with van der Waals surface area (Å²) < 4.78 is 0. The minimum atomic E-state index is 0.501. The van der Waals surface area contributed by atoms with Crippen LogP contribution in [0.15, 0.2) is 60.7 Å². The zero-order valence-corrected chi connectivity index (χ0v) is 12.8. The van der Waals surface area contributed by atoms with Crippen molar-refractivity contribution in [1.29, 1.82) is 0 Å². The van der Waals surface area contributed by atoms with Crippen molar-refractivity contribution < 1.29 is 14.6 Å². The molecule has 0 aromatic heterocycles. The first-order valence-electron chi connectivity index (χ1n) is 5.67. The van der Waals surface area contributed by atoms with Gasteiger partial charge < -0.3 is 0 Å². The monoisotopic (exact) mass is 320 g/mol. The van der Waals surface area contributed by atoms with E-state index in [9.17, 15) is 0 Å². The molecule has 0 N–H and O–H groups in total. The van der Waals surface area contributed by atoms with Gasteiger partial charge in [0.05, 0.1) is 0 Å². The predicted octanol–water partition coefficient (Wildman–Crippen LogP) is 4.93.